The van der Waals surface area contributed by atoms with Gasteiger partial charge in [-0.2, -0.15) is 13.2 Å². The van der Waals surface area contributed by atoms with E-state index in [4.69, 9.17) is 16.3 Å². The highest BCUT2D eigenvalue weighted by Gasteiger charge is 2.30. The molecule has 0 saturated heterocycles. The maximum Gasteiger partial charge on any atom is 0.417 e. The van der Waals surface area contributed by atoms with Crippen LogP contribution in [0.1, 0.15) is 25.1 Å². The summed E-state index contributed by atoms with van der Waals surface area (Å²) in [6, 6.07) is 15.2. The molecule has 4 aromatic rings. The second-order valence-corrected chi connectivity index (χ2v) is 8.23. The van der Waals surface area contributed by atoms with Gasteiger partial charge in [-0.15, -0.1) is 0 Å². The lowest BCUT2D eigenvalue weighted by Crippen LogP contribution is -2.05. The molecule has 0 aliphatic carbocycles. The molecule has 34 heavy (non-hydrogen) atoms. The molecule has 0 unspecified atom stereocenters. The molecule has 2 aromatic heterocycles. The van der Waals surface area contributed by atoms with Gasteiger partial charge >= 0.3 is 6.18 Å². The molecular weight excluding hydrogens is 465 g/mol. The van der Waals surface area contributed by atoms with Gasteiger partial charge in [0.1, 0.15) is 12.0 Å². The Morgan fingerprint density at radius 1 is 1.06 bits per heavy atom. The van der Waals surface area contributed by atoms with E-state index in [1.165, 1.54) is 12.1 Å². The van der Waals surface area contributed by atoms with Crippen LogP contribution in [-0.4, -0.2) is 21.9 Å². The van der Waals surface area contributed by atoms with Gasteiger partial charge in [-0.05, 0) is 74.5 Å². The average Bonchev–Trinajstić information content (AvgIpc) is 3.08. The van der Waals surface area contributed by atoms with E-state index >= 15 is 0 Å². The highest BCUT2D eigenvalue weighted by Crippen LogP contribution is 2.37. The molecule has 0 N–H and O–H groups in total. The first-order valence-corrected chi connectivity index (χ1v) is 10.8. The number of allylic oxidation sites excluding steroid dienone is 1. The molecule has 174 valence electrons. The average molecular weight is 485 g/mol. The molecule has 8 heteroatoms. The summed E-state index contributed by atoms with van der Waals surface area (Å²) in [6.45, 7) is 3.89. The Kier molecular flexibility index (Phi) is 6.48. The zero-order valence-electron chi connectivity index (χ0n) is 18.3. The minimum Gasteiger partial charge on any atom is -0.491 e. The Labute approximate surface area is 199 Å². The number of alkyl halides is 3. The van der Waals surface area contributed by atoms with E-state index in [9.17, 15) is 18.0 Å². The number of hydrogen-bond acceptors (Lipinski definition) is 3. The predicted molar refractivity (Wildman–Crippen MR) is 127 cm³/mol. The van der Waals surface area contributed by atoms with E-state index in [0.717, 1.165) is 29.2 Å². The van der Waals surface area contributed by atoms with E-state index in [0.29, 0.717) is 33.6 Å². The number of aldehydes is 1. The molecule has 0 saturated carbocycles. The summed E-state index contributed by atoms with van der Waals surface area (Å²) < 4.78 is 46.3. The van der Waals surface area contributed by atoms with Crippen molar-refractivity contribution in [3.8, 4) is 22.7 Å². The first-order valence-electron chi connectivity index (χ1n) is 10.5. The number of halogens is 4. The Balaban J connectivity index is 1.83. The predicted octanol–water partition coefficient (Wildman–Crippen LogP) is 7.36. The van der Waals surface area contributed by atoms with E-state index in [1.54, 1.807) is 18.2 Å². The van der Waals surface area contributed by atoms with Gasteiger partial charge in [0.05, 0.1) is 33.6 Å². The molecule has 0 aliphatic heterocycles. The number of ether oxygens (including phenoxy) is 1. The third kappa shape index (κ3) is 4.70. The molecule has 2 aromatic carbocycles. The van der Waals surface area contributed by atoms with Gasteiger partial charge in [0.2, 0.25) is 0 Å². The van der Waals surface area contributed by atoms with Gasteiger partial charge in [0, 0.05) is 22.8 Å². The number of fused-ring (bicyclic) bond motifs is 1. The fourth-order valence-electron chi connectivity index (χ4n) is 3.67. The second-order valence-electron chi connectivity index (χ2n) is 7.85. The molecule has 0 amide bonds. The number of aromatic nitrogens is 2. The lowest BCUT2D eigenvalue weighted by atomic mass is 10.1. The molecule has 0 fully saturated rings. The topological polar surface area (TPSA) is 44.1 Å². The van der Waals surface area contributed by atoms with Crippen LogP contribution in [0.5, 0.6) is 5.75 Å². The van der Waals surface area contributed by atoms with Crippen LogP contribution in [0.4, 0.5) is 13.2 Å². The Morgan fingerprint density at radius 2 is 1.79 bits per heavy atom. The standard InChI is InChI=1S/C26H20ClF3N2O2/c1-16(2)34-20-9-7-19(8-10-20)32-23-12-5-17(14-21(23)25(27)24(32)4-3-13-33)22-11-6-18(15-31-22)26(28,29)30/h3-16H,1-2H3. The first-order chi connectivity index (χ1) is 16.2. The van der Waals surface area contributed by atoms with Crippen LogP contribution in [0.2, 0.25) is 5.02 Å². The van der Waals surface area contributed by atoms with Gasteiger partial charge in [-0.25, -0.2) is 0 Å². The second kappa shape index (κ2) is 9.35. The monoisotopic (exact) mass is 484 g/mol. The molecule has 4 rings (SSSR count). The van der Waals surface area contributed by atoms with Crippen LogP contribution in [0.25, 0.3) is 33.9 Å². The maximum atomic E-state index is 12.9. The lowest BCUT2D eigenvalue weighted by Gasteiger charge is -2.12. The van der Waals surface area contributed by atoms with Crippen LogP contribution < -0.4 is 4.74 Å². The fourth-order valence-corrected chi connectivity index (χ4v) is 3.97. The van der Waals surface area contributed by atoms with Crippen molar-refractivity contribution in [2.75, 3.05) is 0 Å². The number of benzene rings is 2. The third-order valence-electron chi connectivity index (χ3n) is 5.13. The molecule has 4 nitrogen and oxygen atoms in total. The van der Waals surface area contributed by atoms with Crippen LogP contribution in [0.3, 0.4) is 0 Å². The number of carbonyl (C=O) groups is 1. The Hall–Kier alpha value is -3.58. The number of hydrogen-bond donors (Lipinski definition) is 0. The zero-order valence-corrected chi connectivity index (χ0v) is 19.1. The Morgan fingerprint density at radius 3 is 2.38 bits per heavy atom. The summed E-state index contributed by atoms with van der Waals surface area (Å²) in [4.78, 5) is 15.0. The van der Waals surface area contributed by atoms with Crippen LogP contribution in [0.15, 0.2) is 66.9 Å². The van der Waals surface area contributed by atoms with Crippen molar-refractivity contribution in [2.45, 2.75) is 26.1 Å². The molecule has 0 bridgehead atoms. The molecule has 0 aliphatic rings. The first kappa shape index (κ1) is 23.6. The minimum atomic E-state index is -4.45. The highest BCUT2D eigenvalue weighted by atomic mass is 35.5. The van der Waals surface area contributed by atoms with Gasteiger partial charge < -0.3 is 9.30 Å². The van der Waals surface area contributed by atoms with Crippen molar-refractivity contribution in [1.82, 2.24) is 9.55 Å². The summed E-state index contributed by atoms with van der Waals surface area (Å²) in [7, 11) is 0. The number of nitrogens with zero attached hydrogens (tertiary/aromatic N) is 2. The molecule has 0 spiro atoms. The molecule has 0 radical (unpaired) electrons. The van der Waals surface area contributed by atoms with Crippen molar-refractivity contribution in [3.63, 3.8) is 0 Å². The summed E-state index contributed by atoms with van der Waals surface area (Å²) in [5.74, 6) is 0.724. The van der Waals surface area contributed by atoms with E-state index in [2.05, 4.69) is 4.98 Å². The largest absolute Gasteiger partial charge is 0.491 e. The maximum absolute atomic E-state index is 12.9. The van der Waals surface area contributed by atoms with E-state index in [1.807, 2.05) is 48.7 Å². The van der Waals surface area contributed by atoms with Crippen molar-refractivity contribution >= 4 is 34.9 Å². The summed E-state index contributed by atoms with van der Waals surface area (Å²) in [5.41, 5.74) is 2.36. The molecular formula is C26H20ClF3N2O2. The van der Waals surface area contributed by atoms with E-state index < -0.39 is 11.7 Å². The lowest BCUT2D eigenvalue weighted by molar-refractivity contribution is -0.137. The van der Waals surface area contributed by atoms with Gasteiger partial charge in [0.15, 0.2) is 0 Å². The van der Waals surface area contributed by atoms with Crippen LogP contribution in [-0.2, 0) is 11.0 Å². The van der Waals surface area contributed by atoms with Crippen molar-refractivity contribution in [3.05, 3.63) is 83.2 Å². The van der Waals surface area contributed by atoms with Gasteiger partial charge in [0.25, 0.3) is 0 Å². The zero-order chi connectivity index (χ0) is 24.5. The van der Waals surface area contributed by atoms with Gasteiger partial charge in [-0.3, -0.25) is 9.78 Å². The summed E-state index contributed by atoms with van der Waals surface area (Å²) >= 11 is 6.71. The number of carbonyl (C=O) groups excluding carboxylic acids is 1. The number of pyridine rings is 1. The van der Waals surface area contributed by atoms with E-state index in [-0.39, 0.29) is 6.10 Å². The Bertz CT molecular complexity index is 1360. The summed E-state index contributed by atoms with van der Waals surface area (Å²) in [6.07, 6.45) is 0.0255. The van der Waals surface area contributed by atoms with Crippen LogP contribution >= 0.6 is 11.6 Å². The quantitative estimate of drug-likeness (QED) is 0.212. The number of rotatable bonds is 6. The molecule has 0 atom stereocenters. The minimum absolute atomic E-state index is 0.0380. The van der Waals surface area contributed by atoms with Crippen LogP contribution in [0, 0.1) is 0 Å². The normalized spacial score (nSPS) is 12.1. The SMILES string of the molecule is CC(C)Oc1ccc(-n2c(C=CC=O)c(Cl)c3cc(-c4ccc(C(F)(F)F)cn4)ccc32)cc1. The third-order valence-corrected chi connectivity index (χ3v) is 5.52. The van der Waals surface area contributed by atoms with Crippen molar-refractivity contribution in [2.24, 2.45) is 0 Å². The van der Waals surface area contributed by atoms with Crippen molar-refractivity contribution in [1.29, 1.82) is 0 Å². The highest BCUT2D eigenvalue weighted by molar-refractivity contribution is 6.37. The van der Waals surface area contributed by atoms with Crippen molar-refractivity contribution < 1.29 is 22.7 Å². The smallest absolute Gasteiger partial charge is 0.417 e. The molecule has 2 heterocycles. The summed E-state index contributed by atoms with van der Waals surface area (Å²) in [5, 5.41) is 1.08. The van der Waals surface area contributed by atoms with Gasteiger partial charge in [-0.1, -0.05) is 17.7 Å². The fraction of sp³-hybridized carbons (Fsp3) is 0.154.